The van der Waals surface area contributed by atoms with Gasteiger partial charge in [0.25, 0.3) is 0 Å². The van der Waals surface area contributed by atoms with E-state index in [2.05, 4.69) is 30.5 Å². The first kappa shape index (κ1) is 16.4. The molecule has 9 nitrogen and oxygen atoms in total. The number of carbonyl (C=O) groups excluding carboxylic acids is 1. The number of thioether (sulfide) groups is 1. The fraction of sp³-hybridized carbons (Fsp3) is 0.667. The van der Waals surface area contributed by atoms with Crippen molar-refractivity contribution in [1.29, 1.82) is 0 Å². The van der Waals surface area contributed by atoms with Gasteiger partial charge in [0.05, 0.1) is 0 Å². The van der Waals surface area contributed by atoms with Crippen LogP contribution in [0.3, 0.4) is 0 Å². The van der Waals surface area contributed by atoms with Gasteiger partial charge in [-0.25, -0.2) is 14.6 Å². The lowest BCUT2D eigenvalue weighted by Crippen LogP contribution is -2.34. The van der Waals surface area contributed by atoms with Gasteiger partial charge in [-0.2, -0.15) is 11.8 Å². The minimum absolute atomic E-state index is 0.265. The van der Waals surface area contributed by atoms with Crippen LogP contribution in [0.15, 0.2) is 4.63 Å². The molecule has 134 valence electrons. The van der Waals surface area contributed by atoms with Crippen LogP contribution in [0.1, 0.15) is 19.3 Å². The van der Waals surface area contributed by atoms with Crippen molar-refractivity contribution >= 4 is 40.6 Å². The van der Waals surface area contributed by atoms with Gasteiger partial charge in [-0.05, 0) is 23.2 Å². The van der Waals surface area contributed by atoms with Gasteiger partial charge < -0.3 is 15.1 Å². The highest BCUT2D eigenvalue weighted by molar-refractivity contribution is 7.99. The van der Waals surface area contributed by atoms with Gasteiger partial charge in [-0.15, -0.1) is 0 Å². The van der Waals surface area contributed by atoms with E-state index in [1.54, 1.807) is 0 Å². The predicted molar refractivity (Wildman–Crippen MR) is 95.9 cm³/mol. The molecule has 2 aromatic rings. The van der Waals surface area contributed by atoms with Gasteiger partial charge in [-0.1, -0.05) is 0 Å². The minimum atomic E-state index is 0.265. The molecule has 2 fully saturated rings. The SMILES string of the molecule is O=C1CCCN1CCCNc1nc2nonc2nc1N1CCSCC1. The van der Waals surface area contributed by atoms with Crippen LogP contribution in [0.4, 0.5) is 11.6 Å². The number of hydrogen-bond acceptors (Lipinski definition) is 9. The lowest BCUT2D eigenvalue weighted by Gasteiger charge is -2.28. The highest BCUT2D eigenvalue weighted by atomic mass is 32.2. The molecule has 1 amide bonds. The van der Waals surface area contributed by atoms with E-state index in [9.17, 15) is 4.79 Å². The van der Waals surface area contributed by atoms with Crippen LogP contribution in [0, 0.1) is 0 Å². The molecule has 25 heavy (non-hydrogen) atoms. The van der Waals surface area contributed by atoms with Crippen LogP contribution in [0.2, 0.25) is 0 Å². The summed E-state index contributed by atoms with van der Waals surface area (Å²) in [6.07, 6.45) is 2.54. The maximum absolute atomic E-state index is 11.7. The van der Waals surface area contributed by atoms with Gasteiger partial charge in [0.15, 0.2) is 11.6 Å². The quantitative estimate of drug-likeness (QED) is 0.753. The molecule has 0 atom stereocenters. The van der Waals surface area contributed by atoms with Crippen molar-refractivity contribution in [2.45, 2.75) is 19.3 Å². The molecule has 2 aliphatic rings. The molecule has 4 heterocycles. The highest BCUT2D eigenvalue weighted by Crippen LogP contribution is 2.26. The molecule has 0 radical (unpaired) electrons. The Balaban J connectivity index is 1.44. The second kappa shape index (κ2) is 7.42. The molecule has 0 saturated carbocycles. The summed E-state index contributed by atoms with van der Waals surface area (Å²) in [7, 11) is 0. The summed E-state index contributed by atoms with van der Waals surface area (Å²) in [6, 6.07) is 0. The molecule has 0 spiro atoms. The van der Waals surface area contributed by atoms with Crippen LogP contribution in [-0.2, 0) is 4.79 Å². The third-order valence-corrected chi connectivity index (χ3v) is 5.42. The predicted octanol–water partition coefficient (Wildman–Crippen LogP) is 0.990. The van der Waals surface area contributed by atoms with E-state index in [1.807, 2.05) is 16.7 Å². The van der Waals surface area contributed by atoms with E-state index >= 15 is 0 Å². The number of carbonyl (C=O) groups is 1. The van der Waals surface area contributed by atoms with E-state index in [1.165, 1.54) is 0 Å². The summed E-state index contributed by atoms with van der Waals surface area (Å²) in [5.74, 6) is 3.94. The molecule has 1 N–H and O–H groups in total. The first-order valence-corrected chi connectivity index (χ1v) is 9.81. The Morgan fingerprint density at radius 1 is 1.12 bits per heavy atom. The number of nitrogens with one attached hydrogen (secondary N) is 1. The summed E-state index contributed by atoms with van der Waals surface area (Å²) < 4.78 is 4.75. The van der Waals surface area contributed by atoms with Crippen molar-refractivity contribution in [3.63, 3.8) is 0 Å². The van der Waals surface area contributed by atoms with E-state index < -0.39 is 0 Å². The van der Waals surface area contributed by atoms with E-state index in [0.29, 0.717) is 23.5 Å². The van der Waals surface area contributed by atoms with Crippen LogP contribution < -0.4 is 10.2 Å². The van der Waals surface area contributed by atoms with Crippen LogP contribution in [0.25, 0.3) is 11.3 Å². The number of hydrogen-bond donors (Lipinski definition) is 1. The fourth-order valence-electron chi connectivity index (χ4n) is 3.16. The van der Waals surface area contributed by atoms with Gasteiger partial charge in [-0.3, -0.25) is 4.79 Å². The average Bonchev–Trinajstić information content (AvgIpc) is 3.27. The average molecular weight is 363 g/mol. The van der Waals surface area contributed by atoms with Crippen molar-refractivity contribution in [2.75, 3.05) is 54.4 Å². The number of rotatable bonds is 6. The zero-order chi connectivity index (χ0) is 17.1. The molecule has 10 heteroatoms. The van der Waals surface area contributed by atoms with Crippen molar-refractivity contribution in [1.82, 2.24) is 25.2 Å². The number of amides is 1. The molecule has 0 aliphatic carbocycles. The second-order valence-corrected chi connectivity index (χ2v) is 7.40. The number of likely N-dealkylation sites (tertiary alicyclic amines) is 1. The molecular weight excluding hydrogens is 342 g/mol. The van der Waals surface area contributed by atoms with Crippen LogP contribution in [-0.4, -0.2) is 75.3 Å². The maximum Gasteiger partial charge on any atom is 0.245 e. The first-order valence-electron chi connectivity index (χ1n) is 8.66. The normalized spacial score (nSPS) is 18.3. The standard InChI is InChI=1S/C15H21N7O2S/c23-11-3-1-5-21(11)6-2-4-16-14-15(22-7-9-25-10-8-22)18-13-12(17-14)19-24-20-13/h1-10H2,(H,16,17,19). The molecule has 2 saturated heterocycles. The maximum atomic E-state index is 11.7. The number of fused-ring (bicyclic) bond motifs is 1. The highest BCUT2D eigenvalue weighted by Gasteiger charge is 2.21. The number of aromatic nitrogens is 4. The van der Waals surface area contributed by atoms with Gasteiger partial charge >= 0.3 is 0 Å². The van der Waals surface area contributed by atoms with Crippen molar-refractivity contribution in [3.8, 4) is 0 Å². The Morgan fingerprint density at radius 2 is 1.92 bits per heavy atom. The summed E-state index contributed by atoms with van der Waals surface area (Å²) in [5.41, 5.74) is 0.841. The third-order valence-electron chi connectivity index (χ3n) is 4.48. The smallest absolute Gasteiger partial charge is 0.245 e. The minimum Gasteiger partial charge on any atom is -0.367 e. The zero-order valence-corrected chi connectivity index (χ0v) is 14.8. The Hall–Kier alpha value is -2.10. The molecular formula is C15H21N7O2S. The van der Waals surface area contributed by atoms with Gasteiger partial charge in [0.1, 0.15) is 0 Å². The Labute approximate surface area is 149 Å². The van der Waals surface area contributed by atoms with Gasteiger partial charge in [0, 0.05) is 50.7 Å². The zero-order valence-electron chi connectivity index (χ0n) is 14.0. The number of anilines is 2. The van der Waals surface area contributed by atoms with Crippen LogP contribution >= 0.6 is 11.8 Å². The lowest BCUT2D eigenvalue weighted by molar-refractivity contribution is -0.127. The molecule has 2 aromatic heterocycles. The Bertz CT molecular complexity index is 747. The summed E-state index contributed by atoms with van der Waals surface area (Å²) in [4.78, 5) is 24.9. The molecule has 4 rings (SSSR count). The summed E-state index contributed by atoms with van der Waals surface area (Å²) in [5, 5.41) is 11.0. The largest absolute Gasteiger partial charge is 0.367 e. The fourth-order valence-corrected chi connectivity index (χ4v) is 4.06. The second-order valence-electron chi connectivity index (χ2n) is 6.17. The monoisotopic (exact) mass is 363 g/mol. The summed E-state index contributed by atoms with van der Waals surface area (Å²) >= 11 is 1.95. The molecule has 0 bridgehead atoms. The number of nitrogens with zero attached hydrogens (tertiary/aromatic N) is 6. The third kappa shape index (κ3) is 3.63. The first-order chi connectivity index (χ1) is 12.3. The topological polar surface area (TPSA) is 100 Å². The molecule has 0 unspecified atom stereocenters. The van der Waals surface area contributed by atoms with E-state index in [0.717, 1.165) is 62.9 Å². The van der Waals surface area contributed by atoms with Gasteiger partial charge in [0.2, 0.25) is 17.2 Å². The Morgan fingerprint density at radius 3 is 2.68 bits per heavy atom. The Kier molecular flexibility index (Phi) is 4.86. The van der Waals surface area contributed by atoms with Crippen molar-refractivity contribution < 1.29 is 9.42 Å². The van der Waals surface area contributed by atoms with E-state index in [-0.39, 0.29) is 5.91 Å². The van der Waals surface area contributed by atoms with Crippen LogP contribution in [0.5, 0.6) is 0 Å². The molecule has 0 aromatic carbocycles. The van der Waals surface area contributed by atoms with E-state index in [4.69, 9.17) is 4.63 Å². The van der Waals surface area contributed by atoms with Crippen molar-refractivity contribution in [2.24, 2.45) is 0 Å². The molecule has 2 aliphatic heterocycles. The van der Waals surface area contributed by atoms with Crippen molar-refractivity contribution in [3.05, 3.63) is 0 Å². The lowest BCUT2D eigenvalue weighted by atomic mass is 10.3. The summed E-state index contributed by atoms with van der Waals surface area (Å²) in [6.45, 7) is 4.26.